The summed E-state index contributed by atoms with van der Waals surface area (Å²) in [7, 11) is 1.47. The van der Waals surface area contributed by atoms with Gasteiger partial charge in [0.25, 0.3) is 0 Å². The number of fused-ring (bicyclic) bond motifs is 2. The van der Waals surface area contributed by atoms with Crippen molar-refractivity contribution in [3.63, 3.8) is 0 Å². The summed E-state index contributed by atoms with van der Waals surface area (Å²) < 4.78 is 10.4. The fourth-order valence-electron chi connectivity index (χ4n) is 2.38. The second-order valence-electron chi connectivity index (χ2n) is 4.83. The lowest BCUT2D eigenvalue weighted by molar-refractivity contribution is 0.0959. The van der Waals surface area contributed by atoms with Crippen LogP contribution in [-0.2, 0) is 0 Å². The van der Waals surface area contributed by atoms with Gasteiger partial charge in [0.05, 0.1) is 7.11 Å². The largest absolute Gasteiger partial charge is 0.504 e. The van der Waals surface area contributed by atoms with Crippen molar-refractivity contribution in [2.45, 2.75) is 6.92 Å². The van der Waals surface area contributed by atoms with Crippen LogP contribution < -0.4 is 4.74 Å². The molecule has 3 rings (SSSR count). The average Bonchev–Trinajstić information content (AvgIpc) is 2.82. The molecule has 0 amide bonds. The highest BCUT2D eigenvalue weighted by Gasteiger charge is 2.37. The van der Waals surface area contributed by atoms with Gasteiger partial charge in [0.2, 0.25) is 11.6 Å². The third-order valence-electron chi connectivity index (χ3n) is 3.42. The second-order valence-corrected chi connectivity index (χ2v) is 4.83. The van der Waals surface area contributed by atoms with E-state index in [0.29, 0.717) is 11.3 Å². The first-order valence-electron chi connectivity index (χ1n) is 6.24. The first-order chi connectivity index (χ1) is 9.95. The van der Waals surface area contributed by atoms with Crippen LogP contribution in [0.25, 0.3) is 5.57 Å². The number of benzene rings is 1. The molecule has 0 atom stereocenters. The Morgan fingerprint density at radius 1 is 1.24 bits per heavy atom. The van der Waals surface area contributed by atoms with Gasteiger partial charge in [0.15, 0.2) is 17.3 Å². The highest BCUT2D eigenvalue weighted by molar-refractivity contribution is 6.28. The molecule has 5 nitrogen and oxygen atoms in total. The molecule has 0 spiro atoms. The summed E-state index contributed by atoms with van der Waals surface area (Å²) in [6.07, 6.45) is 0. The lowest BCUT2D eigenvalue weighted by atomic mass is 9.88. The van der Waals surface area contributed by atoms with E-state index in [1.165, 1.54) is 19.2 Å². The molecule has 1 heterocycles. The smallest absolute Gasteiger partial charge is 0.229 e. The molecule has 1 aliphatic rings. The van der Waals surface area contributed by atoms with Gasteiger partial charge in [0, 0.05) is 11.1 Å². The van der Waals surface area contributed by atoms with Crippen molar-refractivity contribution in [1.82, 2.24) is 0 Å². The first kappa shape index (κ1) is 13.2. The molecule has 0 bridgehead atoms. The number of rotatable bonds is 2. The van der Waals surface area contributed by atoms with Gasteiger partial charge in [-0.05, 0) is 30.7 Å². The fraction of sp³-hybridized carbons (Fsp3) is 0.125. The SMILES string of the molecule is C=C(C)c1oc2c(c1O)C(=O)c1cc(OC)ccc1C2=O. The molecule has 21 heavy (non-hydrogen) atoms. The zero-order chi connectivity index (χ0) is 15.3. The molecule has 0 fully saturated rings. The van der Waals surface area contributed by atoms with Gasteiger partial charge < -0.3 is 14.3 Å². The van der Waals surface area contributed by atoms with Crippen LogP contribution >= 0.6 is 0 Å². The number of furan rings is 1. The molecule has 1 N–H and O–H groups in total. The van der Waals surface area contributed by atoms with E-state index in [4.69, 9.17) is 9.15 Å². The lowest BCUT2D eigenvalue weighted by Crippen LogP contribution is -2.19. The molecule has 1 aromatic carbocycles. The first-order valence-corrected chi connectivity index (χ1v) is 6.24. The number of hydrogen-bond donors (Lipinski definition) is 1. The Labute approximate surface area is 120 Å². The Bertz CT molecular complexity index is 810. The monoisotopic (exact) mass is 284 g/mol. The lowest BCUT2D eigenvalue weighted by Gasteiger charge is -2.13. The minimum absolute atomic E-state index is 0.0569. The summed E-state index contributed by atoms with van der Waals surface area (Å²) in [5.41, 5.74) is 0.745. The maximum absolute atomic E-state index is 12.5. The van der Waals surface area contributed by atoms with Gasteiger partial charge in [0.1, 0.15) is 11.3 Å². The Kier molecular flexibility index (Phi) is 2.73. The predicted octanol–water partition coefficient (Wildman–Crippen LogP) is 2.80. The van der Waals surface area contributed by atoms with Gasteiger partial charge in [-0.15, -0.1) is 0 Å². The van der Waals surface area contributed by atoms with Crippen molar-refractivity contribution < 1.29 is 23.8 Å². The summed E-state index contributed by atoms with van der Waals surface area (Å²) in [4.78, 5) is 24.9. The van der Waals surface area contributed by atoms with E-state index < -0.39 is 11.6 Å². The third kappa shape index (κ3) is 1.71. The molecule has 106 valence electrons. The number of aromatic hydroxyl groups is 1. The van der Waals surface area contributed by atoms with Crippen LogP contribution in [0.2, 0.25) is 0 Å². The van der Waals surface area contributed by atoms with Crippen molar-refractivity contribution in [3.05, 3.63) is 53.0 Å². The summed E-state index contributed by atoms with van der Waals surface area (Å²) >= 11 is 0. The van der Waals surface area contributed by atoms with Crippen molar-refractivity contribution in [2.75, 3.05) is 7.11 Å². The molecule has 0 unspecified atom stereocenters. The Morgan fingerprint density at radius 2 is 1.95 bits per heavy atom. The number of ether oxygens (including phenoxy) is 1. The number of ketones is 2. The summed E-state index contributed by atoms with van der Waals surface area (Å²) in [5, 5.41) is 10.1. The number of methoxy groups -OCH3 is 1. The van der Waals surface area contributed by atoms with Crippen LogP contribution in [0.3, 0.4) is 0 Å². The van der Waals surface area contributed by atoms with Crippen LogP contribution in [-0.4, -0.2) is 23.8 Å². The maximum atomic E-state index is 12.5. The number of carbonyl (C=O) groups excluding carboxylic acids is 2. The van der Waals surface area contributed by atoms with Gasteiger partial charge >= 0.3 is 0 Å². The van der Waals surface area contributed by atoms with Crippen molar-refractivity contribution in [3.8, 4) is 11.5 Å². The van der Waals surface area contributed by atoms with E-state index in [1.807, 2.05) is 0 Å². The Balaban J connectivity index is 2.28. The normalized spacial score (nSPS) is 12.9. The quantitative estimate of drug-likeness (QED) is 0.783. The van der Waals surface area contributed by atoms with Crippen LogP contribution in [0.5, 0.6) is 11.5 Å². The van der Waals surface area contributed by atoms with E-state index in [9.17, 15) is 14.7 Å². The van der Waals surface area contributed by atoms with Gasteiger partial charge in [-0.2, -0.15) is 0 Å². The molecule has 0 aliphatic heterocycles. The summed E-state index contributed by atoms with van der Waals surface area (Å²) in [5.74, 6) is -0.877. The summed E-state index contributed by atoms with van der Waals surface area (Å²) in [6, 6.07) is 4.58. The highest BCUT2D eigenvalue weighted by Crippen LogP contribution is 2.40. The summed E-state index contributed by atoms with van der Waals surface area (Å²) in [6.45, 7) is 5.28. The fourth-order valence-corrected chi connectivity index (χ4v) is 2.38. The van der Waals surface area contributed by atoms with Crippen molar-refractivity contribution in [2.24, 2.45) is 0 Å². The van der Waals surface area contributed by atoms with Crippen LogP contribution in [0, 0.1) is 0 Å². The average molecular weight is 284 g/mol. The van der Waals surface area contributed by atoms with Crippen LogP contribution in [0.4, 0.5) is 0 Å². The molecule has 0 saturated heterocycles. The molecule has 1 aliphatic carbocycles. The molecule has 5 heteroatoms. The van der Waals surface area contributed by atoms with Gasteiger partial charge in [-0.25, -0.2) is 0 Å². The molecule has 1 aromatic heterocycles. The zero-order valence-corrected chi connectivity index (χ0v) is 11.5. The van der Waals surface area contributed by atoms with Crippen molar-refractivity contribution in [1.29, 1.82) is 0 Å². The maximum Gasteiger partial charge on any atom is 0.229 e. The third-order valence-corrected chi connectivity index (χ3v) is 3.42. The zero-order valence-electron chi connectivity index (χ0n) is 11.5. The minimum atomic E-state index is -0.466. The van der Waals surface area contributed by atoms with E-state index >= 15 is 0 Å². The molecular formula is C16H12O5. The molecule has 0 radical (unpaired) electrons. The molecule has 2 aromatic rings. The molecular weight excluding hydrogens is 272 g/mol. The second kappa shape index (κ2) is 4.34. The van der Waals surface area contributed by atoms with Crippen LogP contribution in [0.1, 0.15) is 44.7 Å². The van der Waals surface area contributed by atoms with Crippen molar-refractivity contribution >= 4 is 17.1 Å². The van der Waals surface area contributed by atoms with Gasteiger partial charge in [-0.1, -0.05) is 6.58 Å². The Morgan fingerprint density at radius 3 is 2.57 bits per heavy atom. The van der Waals surface area contributed by atoms with E-state index in [0.717, 1.165) is 0 Å². The standard InChI is InChI=1S/C16H12O5/c1-7(2)15-14(19)11-12(17)10-6-8(20-3)4-5-9(10)13(18)16(11)21-15/h4-6,19H,1H2,2-3H3. The van der Waals surface area contributed by atoms with E-state index in [-0.39, 0.29) is 34.0 Å². The number of allylic oxidation sites excluding steroid dienone is 1. The van der Waals surface area contributed by atoms with Gasteiger partial charge in [-0.3, -0.25) is 9.59 Å². The topological polar surface area (TPSA) is 76.7 Å². The Hall–Kier alpha value is -2.82. The highest BCUT2D eigenvalue weighted by atomic mass is 16.5. The number of carbonyl (C=O) groups is 2. The van der Waals surface area contributed by atoms with E-state index in [2.05, 4.69) is 6.58 Å². The molecule has 0 saturated carbocycles. The van der Waals surface area contributed by atoms with E-state index in [1.54, 1.807) is 13.0 Å². The predicted molar refractivity (Wildman–Crippen MR) is 74.9 cm³/mol. The minimum Gasteiger partial charge on any atom is -0.504 e. The number of hydrogen-bond acceptors (Lipinski definition) is 5. The van der Waals surface area contributed by atoms with Crippen LogP contribution in [0.15, 0.2) is 29.2 Å².